The van der Waals surface area contributed by atoms with Crippen LogP contribution in [0, 0.1) is 17.6 Å². The molecule has 2 amide bonds. The summed E-state index contributed by atoms with van der Waals surface area (Å²) in [6.45, 7) is 0.744. The Morgan fingerprint density at radius 3 is 2.41 bits per heavy atom. The van der Waals surface area contributed by atoms with E-state index in [9.17, 15) is 18.4 Å². The highest BCUT2D eigenvalue weighted by Gasteiger charge is 2.35. The first kappa shape index (κ1) is 21.7. The lowest BCUT2D eigenvalue weighted by Gasteiger charge is -2.37. The molecule has 4 nitrogen and oxygen atoms in total. The third-order valence-electron chi connectivity index (χ3n) is 5.86. The minimum atomic E-state index is -0.480. The maximum Gasteiger partial charge on any atom is 0.253 e. The molecule has 0 aromatic heterocycles. The Morgan fingerprint density at radius 1 is 0.906 bits per heavy atom. The third kappa shape index (κ3) is 5.02. The number of hydrogen-bond acceptors (Lipinski definition) is 2. The van der Waals surface area contributed by atoms with Crippen LogP contribution in [0.5, 0.6) is 0 Å². The topological polar surface area (TPSA) is 49.4 Å². The number of piperidine rings is 1. The third-order valence-corrected chi connectivity index (χ3v) is 5.86. The van der Waals surface area contributed by atoms with Crippen LogP contribution in [0.3, 0.4) is 0 Å². The van der Waals surface area contributed by atoms with E-state index in [1.807, 2.05) is 30.3 Å². The second-order valence-electron chi connectivity index (χ2n) is 8.07. The molecule has 1 N–H and O–H groups in total. The zero-order chi connectivity index (χ0) is 22.5. The van der Waals surface area contributed by atoms with Crippen LogP contribution in [0.1, 0.15) is 33.8 Å². The molecular weight excluding hydrogens is 410 g/mol. The molecule has 0 bridgehead atoms. The number of likely N-dealkylation sites (tertiary alicyclic amines) is 1. The molecule has 2 atom stereocenters. The second kappa shape index (κ2) is 9.73. The normalized spacial score (nSPS) is 18.2. The van der Waals surface area contributed by atoms with Gasteiger partial charge in [-0.15, -0.1) is 0 Å². The van der Waals surface area contributed by atoms with Crippen LogP contribution in [0.2, 0.25) is 0 Å². The molecule has 3 aromatic carbocycles. The lowest BCUT2D eigenvalue weighted by Crippen LogP contribution is -2.48. The summed E-state index contributed by atoms with van der Waals surface area (Å²) in [4.78, 5) is 27.7. The molecule has 32 heavy (non-hydrogen) atoms. The molecule has 0 spiro atoms. The fourth-order valence-electron chi connectivity index (χ4n) is 4.19. The molecule has 0 aliphatic carbocycles. The van der Waals surface area contributed by atoms with Gasteiger partial charge in [-0.1, -0.05) is 54.6 Å². The van der Waals surface area contributed by atoms with Gasteiger partial charge in [-0.25, -0.2) is 8.78 Å². The number of carbonyl (C=O) groups is 2. The highest BCUT2D eigenvalue weighted by Crippen LogP contribution is 2.31. The fourth-order valence-corrected chi connectivity index (χ4v) is 4.19. The molecule has 0 saturated carbocycles. The summed E-state index contributed by atoms with van der Waals surface area (Å²) in [7, 11) is 0. The van der Waals surface area contributed by atoms with Crippen molar-refractivity contribution in [3.05, 3.63) is 107 Å². The van der Waals surface area contributed by atoms with E-state index in [0.29, 0.717) is 18.5 Å². The van der Waals surface area contributed by atoms with Gasteiger partial charge in [0.25, 0.3) is 5.91 Å². The molecular formula is C26H24F2N2O2. The predicted octanol–water partition coefficient (Wildman–Crippen LogP) is 4.53. The molecule has 2 unspecified atom stereocenters. The van der Waals surface area contributed by atoms with Gasteiger partial charge in [-0.3, -0.25) is 9.59 Å². The zero-order valence-electron chi connectivity index (χ0n) is 17.5. The largest absolute Gasteiger partial charge is 0.352 e. The summed E-state index contributed by atoms with van der Waals surface area (Å²) in [5.74, 6) is -1.89. The monoisotopic (exact) mass is 434 g/mol. The lowest BCUT2D eigenvalue weighted by molar-refractivity contribution is -0.126. The van der Waals surface area contributed by atoms with Crippen molar-refractivity contribution in [3.63, 3.8) is 0 Å². The number of benzene rings is 3. The van der Waals surface area contributed by atoms with E-state index < -0.39 is 11.7 Å². The van der Waals surface area contributed by atoms with Crippen molar-refractivity contribution in [2.75, 3.05) is 13.1 Å². The Labute approximate surface area is 185 Å². The minimum absolute atomic E-state index is 0.0355. The average Bonchev–Trinajstić information content (AvgIpc) is 2.83. The summed E-state index contributed by atoms with van der Waals surface area (Å²) in [5, 5.41) is 2.81. The summed E-state index contributed by atoms with van der Waals surface area (Å²) in [6, 6.07) is 21.6. The molecule has 1 heterocycles. The van der Waals surface area contributed by atoms with Crippen molar-refractivity contribution in [1.29, 1.82) is 0 Å². The summed E-state index contributed by atoms with van der Waals surface area (Å²) < 4.78 is 27.6. The maximum atomic E-state index is 13.9. The van der Waals surface area contributed by atoms with Crippen molar-refractivity contribution in [2.45, 2.75) is 18.9 Å². The lowest BCUT2D eigenvalue weighted by atomic mass is 9.83. The van der Waals surface area contributed by atoms with Gasteiger partial charge >= 0.3 is 0 Å². The van der Waals surface area contributed by atoms with Gasteiger partial charge in [0.2, 0.25) is 5.91 Å². The molecule has 0 radical (unpaired) electrons. The number of amides is 2. The van der Waals surface area contributed by atoms with Crippen LogP contribution in [0.4, 0.5) is 8.78 Å². The highest BCUT2D eigenvalue weighted by atomic mass is 19.1. The van der Waals surface area contributed by atoms with E-state index in [1.54, 1.807) is 29.2 Å². The van der Waals surface area contributed by atoms with Gasteiger partial charge in [0, 0.05) is 36.7 Å². The van der Waals surface area contributed by atoms with E-state index in [4.69, 9.17) is 0 Å². The van der Waals surface area contributed by atoms with Gasteiger partial charge in [-0.2, -0.15) is 0 Å². The second-order valence-corrected chi connectivity index (χ2v) is 8.07. The number of hydrogen-bond donors (Lipinski definition) is 1. The molecule has 164 valence electrons. The molecule has 1 saturated heterocycles. The predicted molar refractivity (Wildman–Crippen MR) is 118 cm³/mol. The Bertz CT molecular complexity index is 1100. The standard InChI is InChI=1S/C26H24F2N2O2/c27-23-11-6-10-19(14-23)26(32)30-16-21(18-7-2-1-3-8-18)13-22(17-30)25(31)29-15-20-9-4-5-12-24(20)28/h1-12,14,21-22H,13,15-17H2,(H,29,31). The van der Waals surface area contributed by atoms with Crippen LogP contribution >= 0.6 is 0 Å². The van der Waals surface area contributed by atoms with Gasteiger partial charge in [0.15, 0.2) is 0 Å². The van der Waals surface area contributed by atoms with Gasteiger partial charge in [0.05, 0.1) is 5.92 Å². The van der Waals surface area contributed by atoms with Gasteiger partial charge < -0.3 is 10.2 Å². The number of nitrogens with one attached hydrogen (secondary N) is 1. The van der Waals surface area contributed by atoms with E-state index in [1.165, 1.54) is 24.3 Å². The van der Waals surface area contributed by atoms with E-state index in [2.05, 4.69) is 5.32 Å². The zero-order valence-corrected chi connectivity index (χ0v) is 17.5. The van der Waals surface area contributed by atoms with E-state index in [-0.39, 0.29) is 42.2 Å². The first-order valence-electron chi connectivity index (χ1n) is 10.6. The Balaban J connectivity index is 1.53. The van der Waals surface area contributed by atoms with Crippen molar-refractivity contribution < 1.29 is 18.4 Å². The van der Waals surface area contributed by atoms with E-state index >= 15 is 0 Å². The Hall–Kier alpha value is -3.54. The molecule has 1 aliphatic heterocycles. The molecule has 3 aromatic rings. The van der Waals surface area contributed by atoms with Crippen LogP contribution in [-0.2, 0) is 11.3 Å². The Morgan fingerprint density at radius 2 is 1.66 bits per heavy atom. The number of nitrogens with zero attached hydrogens (tertiary/aromatic N) is 1. The smallest absolute Gasteiger partial charge is 0.253 e. The Kier molecular flexibility index (Phi) is 6.59. The summed E-state index contributed by atoms with van der Waals surface area (Å²) in [6.07, 6.45) is 0.569. The van der Waals surface area contributed by atoms with Crippen LogP contribution in [0.25, 0.3) is 0 Å². The summed E-state index contributed by atoms with van der Waals surface area (Å²) >= 11 is 0. The SMILES string of the molecule is O=C(NCc1ccccc1F)C1CC(c2ccccc2)CN(C(=O)c2cccc(F)c2)C1. The van der Waals surface area contributed by atoms with Crippen LogP contribution in [-0.4, -0.2) is 29.8 Å². The highest BCUT2D eigenvalue weighted by molar-refractivity contribution is 5.94. The first-order chi connectivity index (χ1) is 15.5. The first-order valence-corrected chi connectivity index (χ1v) is 10.6. The van der Waals surface area contributed by atoms with E-state index in [0.717, 1.165) is 5.56 Å². The molecule has 1 aliphatic rings. The van der Waals surface area contributed by atoms with Gasteiger partial charge in [-0.05, 0) is 36.2 Å². The van der Waals surface area contributed by atoms with Crippen molar-refractivity contribution in [2.24, 2.45) is 5.92 Å². The van der Waals surface area contributed by atoms with Gasteiger partial charge in [0.1, 0.15) is 11.6 Å². The van der Waals surface area contributed by atoms with Crippen molar-refractivity contribution in [1.82, 2.24) is 10.2 Å². The molecule has 6 heteroatoms. The summed E-state index contributed by atoms with van der Waals surface area (Å²) in [5.41, 5.74) is 1.70. The minimum Gasteiger partial charge on any atom is -0.352 e. The fraction of sp³-hybridized carbons (Fsp3) is 0.231. The molecule has 4 rings (SSSR count). The quantitative estimate of drug-likeness (QED) is 0.642. The van der Waals surface area contributed by atoms with Crippen molar-refractivity contribution >= 4 is 11.8 Å². The van der Waals surface area contributed by atoms with Crippen LogP contribution in [0.15, 0.2) is 78.9 Å². The number of halogens is 2. The van der Waals surface area contributed by atoms with Crippen molar-refractivity contribution in [3.8, 4) is 0 Å². The average molecular weight is 434 g/mol. The number of rotatable bonds is 5. The molecule has 1 fully saturated rings. The maximum absolute atomic E-state index is 13.9. The van der Waals surface area contributed by atoms with Crippen LogP contribution < -0.4 is 5.32 Å². The number of carbonyl (C=O) groups excluding carboxylic acids is 2.